The van der Waals surface area contributed by atoms with E-state index in [2.05, 4.69) is 0 Å². The van der Waals surface area contributed by atoms with Crippen LogP contribution in [0.2, 0.25) is 5.02 Å². The molecule has 0 bridgehead atoms. The average molecular weight is 470 g/mol. The van der Waals surface area contributed by atoms with Crippen LogP contribution in [0.15, 0.2) is 82.1 Å². The molecule has 4 aromatic rings. The minimum absolute atomic E-state index is 0.0294. The number of ether oxygens (including phenoxy) is 2. The van der Waals surface area contributed by atoms with Gasteiger partial charge in [0.2, 0.25) is 10.0 Å². The molecule has 8 heteroatoms. The standard InChI is InChI=1S/C24H20ClNO5S/c25-18-7-3-2-6-17(18)24(23-13-15-5-1-4-8-19(15)30-23)21-11-12-29-22-14-16(32(26,27)28)9-10-20(22)31-21/h1-10,13-14,21,24H,11-12H2,(H2,26,27,28)/t21?,24-/m1/s1. The second kappa shape index (κ2) is 8.16. The van der Waals surface area contributed by atoms with Gasteiger partial charge in [-0.15, -0.1) is 0 Å². The quantitative estimate of drug-likeness (QED) is 0.449. The number of nitrogens with two attached hydrogens (primary N) is 1. The van der Waals surface area contributed by atoms with E-state index in [0.717, 1.165) is 22.3 Å². The van der Waals surface area contributed by atoms with Crippen LogP contribution in [0.4, 0.5) is 0 Å². The van der Waals surface area contributed by atoms with Crippen molar-refractivity contribution < 1.29 is 22.3 Å². The summed E-state index contributed by atoms with van der Waals surface area (Å²) in [5.41, 5.74) is 1.66. The van der Waals surface area contributed by atoms with Gasteiger partial charge in [0.1, 0.15) is 17.4 Å². The van der Waals surface area contributed by atoms with E-state index in [1.165, 1.54) is 12.1 Å². The second-order valence-corrected chi connectivity index (χ2v) is 9.60. The normalized spacial score (nSPS) is 17.1. The highest BCUT2D eigenvalue weighted by molar-refractivity contribution is 7.89. The first-order valence-electron chi connectivity index (χ1n) is 10.1. The highest BCUT2D eigenvalue weighted by atomic mass is 35.5. The minimum atomic E-state index is -3.85. The molecule has 2 N–H and O–H groups in total. The topological polar surface area (TPSA) is 91.8 Å². The lowest BCUT2D eigenvalue weighted by molar-refractivity contribution is 0.165. The van der Waals surface area contributed by atoms with Crippen molar-refractivity contribution in [3.05, 3.63) is 89.1 Å². The van der Waals surface area contributed by atoms with Crippen LogP contribution >= 0.6 is 11.6 Å². The summed E-state index contributed by atoms with van der Waals surface area (Å²) in [6.07, 6.45) is 0.170. The molecule has 0 fully saturated rings. The summed E-state index contributed by atoms with van der Waals surface area (Å²) in [7, 11) is -3.85. The smallest absolute Gasteiger partial charge is 0.238 e. The van der Waals surface area contributed by atoms with E-state index < -0.39 is 10.0 Å². The van der Waals surface area contributed by atoms with Crippen LogP contribution in [0.5, 0.6) is 11.5 Å². The van der Waals surface area contributed by atoms with Gasteiger partial charge in [0.25, 0.3) is 0 Å². The summed E-state index contributed by atoms with van der Waals surface area (Å²) in [4.78, 5) is -0.0294. The van der Waals surface area contributed by atoms with Gasteiger partial charge in [-0.25, -0.2) is 13.6 Å². The van der Waals surface area contributed by atoms with Crippen molar-refractivity contribution in [2.24, 2.45) is 5.14 Å². The maximum absolute atomic E-state index is 11.7. The largest absolute Gasteiger partial charge is 0.490 e. The highest BCUT2D eigenvalue weighted by Gasteiger charge is 2.33. The monoisotopic (exact) mass is 469 g/mol. The fraction of sp³-hybridized carbons (Fsp3) is 0.167. The number of halogens is 1. The number of fused-ring (bicyclic) bond motifs is 2. The molecule has 0 saturated heterocycles. The Labute approximate surface area is 190 Å². The van der Waals surface area contributed by atoms with Crippen molar-refractivity contribution in [3.8, 4) is 11.5 Å². The molecule has 1 aliphatic rings. The van der Waals surface area contributed by atoms with Crippen LogP contribution in [0, 0.1) is 0 Å². The van der Waals surface area contributed by atoms with Crippen LogP contribution in [0.1, 0.15) is 23.7 Å². The molecule has 164 valence electrons. The maximum Gasteiger partial charge on any atom is 0.238 e. The Balaban J connectivity index is 1.59. The molecular weight excluding hydrogens is 450 g/mol. The first-order valence-corrected chi connectivity index (χ1v) is 12.0. The summed E-state index contributed by atoms with van der Waals surface area (Å²) in [6.45, 7) is 0.326. The van der Waals surface area contributed by atoms with Crippen LogP contribution in [-0.2, 0) is 10.0 Å². The third kappa shape index (κ3) is 3.95. The molecule has 1 aromatic heterocycles. The van der Waals surface area contributed by atoms with Gasteiger partial charge in [-0.1, -0.05) is 48.0 Å². The van der Waals surface area contributed by atoms with Crippen molar-refractivity contribution in [1.29, 1.82) is 0 Å². The average Bonchev–Trinajstić information content (AvgIpc) is 3.07. The lowest BCUT2D eigenvalue weighted by Gasteiger charge is -2.26. The van der Waals surface area contributed by atoms with Crippen molar-refractivity contribution in [2.45, 2.75) is 23.3 Å². The van der Waals surface area contributed by atoms with Crippen LogP contribution < -0.4 is 14.6 Å². The van der Waals surface area contributed by atoms with Gasteiger partial charge >= 0.3 is 0 Å². The molecule has 2 heterocycles. The van der Waals surface area contributed by atoms with Gasteiger partial charge in [-0.05, 0) is 35.9 Å². The zero-order chi connectivity index (χ0) is 22.3. The second-order valence-electron chi connectivity index (χ2n) is 7.63. The van der Waals surface area contributed by atoms with Gasteiger partial charge in [-0.2, -0.15) is 0 Å². The van der Waals surface area contributed by atoms with E-state index in [9.17, 15) is 8.42 Å². The molecule has 2 atom stereocenters. The van der Waals surface area contributed by atoms with Gasteiger partial charge < -0.3 is 13.9 Å². The summed E-state index contributed by atoms with van der Waals surface area (Å²) in [5.74, 6) is 1.20. The molecule has 0 saturated carbocycles. The van der Waals surface area contributed by atoms with Crippen molar-refractivity contribution in [1.82, 2.24) is 0 Å². The van der Waals surface area contributed by atoms with Crippen molar-refractivity contribution >= 4 is 32.6 Å². The van der Waals surface area contributed by atoms with E-state index in [1.807, 2.05) is 54.6 Å². The van der Waals surface area contributed by atoms with Crippen LogP contribution in [0.25, 0.3) is 11.0 Å². The Morgan fingerprint density at radius 2 is 1.75 bits per heavy atom. The molecule has 3 aromatic carbocycles. The molecule has 32 heavy (non-hydrogen) atoms. The highest BCUT2D eigenvalue weighted by Crippen LogP contribution is 2.41. The van der Waals surface area contributed by atoms with E-state index in [-0.39, 0.29) is 16.9 Å². The lowest BCUT2D eigenvalue weighted by atomic mass is 9.89. The Bertz CT molecular complexity index is 1370. The predicted molar refractivity (Wildman–Crippen MR) is 122 cm³/mol. The first-order chi connectivity index (χ1) is 15.4. The lowest BCUT2D eigenvalue weighted by Crippen LogP contribution is -2.27. The summed E-state index contributed by atoms with van der Waals surface area (Å²) in [6, 6.07) is 21.8. The van der Waals surface area contributed by atoms with E-state index in [1.54, 1.807) is 6.07 Å². The predicted octanol–water partition coefficient (Wildman–Crippen LogP) is 5.10. The Hall–Kier alpha value is -3.00. The molecule has 0 amide bonds. The fourth-order valence-corrected chi connectivity index (χ4v) is 4.82. The zero-order valence-corrected chi connectivity index (χ0v) is 18.5. The number of para-hydroxylation sites is 1. The van der Waals surface area contributed by atoms with Gasteiger partial charge in [0.15, 0.2) is 11.5 Å². The summed E-state index contributed by atoms with van der Waals surface area (Å²) >= 11 is 6.59. The Morgan fingerprint density at radius 1 is 0.969 bits per heavy atom. The molecule has 0 aliphatic carbocycles. The number of benzene rings is 3. The molecule has 5 rings (SSSR count). The first kappa shape index (κ1) is 20.9. The number of hydrogen-bond donors (Lipinski definition) is 1. The van der Waals surface area contributed by atoms with Gasteiger partial charge in [-0.3, -0.25) is 0 Å². The number of primary sulfonamides is 1. The van der Waals surface area contributed by atoms with Crippen molar-refractivity contribution in [2.75, 3.05) is 6.61 Å². The molecule has 0 radical (unpaired) electrons. The van der Waals surface area contributed by atoms with Crippen LogP contribution in [0.3, 0.4) is 0 Å². The third-order valence-corrected chi connectivity index (χ3v) is 6.80. The van der Waals surface area contributed by atoms with Crippen molar-refractivity contribution in [3.63, 3.8) is 0 Å². The van der Waals surface area contributed by atoms with Gasteiger partial charge in [0.05, 0.1) is 17.4 Å². The molecular formula is C24H20ClNO5S. The summed E-state index contributed by atoms with van der Waals surface area (Å²) in [5, 5.41) is 6.86. The molecule has 1 unspecified atom stereocenters. The van der Waals surface area contributed by atoms with E-state index in [0.29, 0.717) is 29.5 Å². The molecule has 0 spiro atoms. The SMILES string of the molecule is NS(=O)(=O)c1ccc2c(c1)OCCC([C@H](c1cc3ccccc3o1)c1ccccc1Cl)O2. The number of hydrogen-bond acceptors (Lipinski definition) is 5. The van der Waals surface area contributed by atoms with Gasteiger partial charge in [0, 0.05) is 22.9 Å². The minimum Gasteiger partial charge on any atom is -0.490 e. The van der Waals surface area contributed by atoms with E-state index in [4.69, 9.17) is 30.6 Å². The molecule has 6 nitrogen and oxygen atoms in total. The third-order valence-electron chi connectivity index (χ3n) is 5.55. The number of furan rings is 1. The summed E-state index contributed by atoms with van der Waals surface area (Å²) < 4.78 is 41.8. The maximum atomic E-state index is 11.7. The zero-order valence-electron chi connectivity index (χ0n) is 16.9. The fourth-order valence-electron chi connectivity index (χ4n) is 4.04. The Morgan fingerprint density at radius 3 is 2.53 bits per heavy atom. The molecule has 1 aliphatic heterocycles. The number of sulfonamides is 1. The number of rotatable bonds is 4. The van der Waals surface area contributed by atoms with Crippen LogP contribution in [-0.4, -0.2) is 21.1 Å². The Kier molecular flexibility index (Phi) is 5.33. The van der Waals surface area contributed by atoms with E-state index >= 15 is 0 Å².